The summed E-state index contributed by atoms with van der Waals surface area (Å²) >= 11 is 0. The summed E-state index contributed by atoms with van der Waals surface area (Å²) in [7, 11) is 1.58. The number of carbonyl (C=O) groups excluding carboxylic acids is 1. The van der Waals surface area contributed by atoms with Gasteiger partial charge in [0.15, 0.2) is 0 Å². The maximum atomic E-state index is 14.1. The van der Waals surface area contributed by atoms with Crippen molar-refractivity contribution in [2.45, 2.75) is 32.6 Å². The van der Waals surface area contributed by atoms with Crippen molar-refractivity contribution in [1.82, 2.24) is 4.98 Å². The van der Waals surface area contributed by atoms with E-state index in [1.54, 1.807) is 26.2 Å². The Morgan fingerprint density at radius 1 is 1.32 bits per heavy atom. The van der Waals surface area contributed by atoms with Gasteiger partial charge in [0.05, 0.1) is 25.4 Å². The maximum absolute atomic E-state index is 14.1. The van der Waals surface area contributed by atoms with Crippen LogP contribution in [-0.4, -0.2) is 24.7 Å². The van der Waals surface area contributed by atoms with E-state index >= 15 is 0 Å². The number of aromatic nitrogens is 1. The molecular weight excluding hydrogens is 285 g/mol. The smallest absolute Gasteiger partial charge is 0.305 e. The summed E-state index contributed by atoms with van der Waals surface area (Å²) < 4.78 is 24.1. The lowest BCUT2D eigenvalue weighted by Gasteiger charge is -2.09. The molecule has 1 aromatic carbocycles. The van der Waals surface area contributed by atoms with Crippen molar-refractivity contribution in [3.05, 3.63) is 35.8 Å². The summed E-state index contributed by atoms with van der Waals surface area (Å²) in [5, 5.41) is 0.760. The molecule has 0 N–H and O–H groups in total. The number of methoxy groups -OCH3 is 1. The summed E-state index contributed by atoms with van der Waals surface area (Å²) in [6.07, 6.45) is 3.55. The first-order chi connectivity index (χ1) is 10.7. The van der Waals surface area contributed by atoms with Crippen LogP contribution in [0, 0.1) is 5.82 Å². The van der Waals surface area contributed by atoms with Crippen molar-refractivity contribution >= 4 is 16.9 Å². The van der Waals surface area contributed by atoms with Gasteiger partial charge in [0.1, 0.15) is 11.6 Å². The van der Waals surface area contributed by atoms with Crippen molar-refractivity contribution in [3.63, 3.8) is 0 Å². The van der Waals surface area contributed by atoms with E-state index in [-0.39, 0.29) is 11.8 Å². The fraction of sp³-hybridized carbons (Fsp3) is 0.412. The number of rotatable bonds is 7. The first kappa shape index (κ1) is 16.2. The van der Waals surface area contributed by atoms with E-state index in [1.807, 2.05) is 6.07 Å². The molecule has 5 heteroatoms. The lowest BCUT2D eigenvalue weighted by Crippen LogP contribution is -2.04. The Morgan fingerprint density at radius 2 is 2.14 bits per heavy atom. The van der Waals surface area contributed by atoms with Gasteiger partial charge in [-0.2, -0.15) is 0 Å². The Balaban J connectivity index is 2.09. The molecule has 1 heterocycles. The van der Waals surface area contributed by atoms with Gasteiger partial charge in [0.2, 0.25) is 0 Å². The van der Waals surface area contributed by atoms with Gasteiger partial charge in [-0.25, -0.2) is 4.39 Å². The minimum atomic E-state index is -0.322. The summed E-state index contributed by atoms with van der Waals surface area (Å²) in [5.41, 5.74) is 1.36. The number of aryl methyl sites for hydroxylation is 1. The van der Waals surface area contributed by atoms with Gasteiger partial charge in [-0.05, 0) is 49.9 Å². The van der Waals surface area contributed by atoms with E-state index in [2.05, 4.69) is 4.98 Å². The number of benzene rings is 1. The second-order valence-corrected chi connectivity index (χ2v) is 4.98. The fourth-order valence-corrected chi connectivity index (χ4v) is 2.39. The topological polar surface area (TPSA) is 48.4 Å². The van der Waals surface area contributed by atoms with Crippen molar-refractivity contribution in [3.8, 4) is 5.75 Å². The molecule has 0 saturated heterocycles. The highest BCUT2D eigenvalue weighted by Gasteiger charge is 2.10. The van der Waals surface area contributed by atoms with Crippen LogP contribution >= 0.6 is 0 Å². The van der Waals surface area contributed by atoms with Gasteiger partial charge in [-0.3, -0.25) is 9.78 Å². The molecule has 2 aromatic rings. The number of carbonyl (C=O) groups is 1. The molecular formula is C17H20FNO3. The third-order valence-electron chi connectivity index (χ3n) is 3.50. The van der Waals surface area contributed by atoms with Crippen LogP contribution in [0.3, 0.4) is 0 Å². The van der Waals surface area contributed by atoms with Gasteiger partial charge in [0, 0.05) is 11.8 Å². The van der Waals surface area contributed by atoms with Crippen LogP contribution in [0.15, 0.2) is 24.4 Å². The number of unbranched alkanes of at least 4 members (excludes halogenated alkanes) is 1. The molecule has 4 nitrogen and oxygen atoms in total. The highest BCUT2D eigenvalue weighted by atomic mass is 19.1. The average molecular weight is 305 g/mol. The average Bonchev–Trinajstić information content (AvgIpc) is 2.52. The molecule has 0 fully saturated rings. The molecule has 0 aliphatic heterocycles. The van der Waals surface area contributed by atoms with Gasteiger partial charge in [-0.15, -0.1) is 0 Å². The zero-order chi connectivity index (χ0) is 15.9. The van der Waals surface area contributed by atoms with Gasteiger partial charge < -0.3 is 9.47 Å². The first-order valence-electron chi connectivity index (χ1n) is 7.42. The number of hydrogen-bond donors (Lipinski definition) is 0. The molecule has 118 valence electrons. The summed E-state index contributed by atoms with van der Waals surface area (Å²) in [4.78, 5) is 15.4. The van der Waals surface area contributed by atoms with E-state index in [0.717, 1.165) is 10.9 Å². The third-order valence-corrected chi connectivity index (χ3v) is 3.50. The molecule has 0 spiro atoms. The maximum Gasteiger partial charge on any atom is 0.305 e. The Kier molecular flexibility index (Phi) is 5.69. The van der Waals surface area contributed by atoms with E-state index < -0.39 is 0 Å². The SMILES string of the molecule is CCOC(=O)CCCCc1c(F)cnc2ccc(OC)cc12. The van der Waals surface area contributed by atoms with Crippen molar-refractivity contribution in [2.24, 2.45) is 0 Å². The summed E-state index contributed by atoms with van der Waals surface area (Å²) in [6.45, 7) is 2.17. The number of nitrogens with zero attached hydrogens (tertiary/aromatic N) is 1. The van der Waals surface area contributed by atoms with Gasteiger partial charge >= 0.3 is 5.97 Å². The highest BCUT2D eigenvalue weighted by molar-refractivity contribution is 5.83. The molecule has 0 saturated carbocycles. The van der Waals surface area contributed by atoms with Crippen LogP contribution in [0.5, 0.6) is 5.75 Å². The lowest BCUT2D eigenvalue weighted by atomic mass is 10.0. The van der Waals surface area contributed by atoms with Crippen LogP contribution in [-0.2, 0) is 16.0 Å². The molecule has 0 radical (unpaired) electrons. The van der Waals surface area contributed by atoms with E-state index in [1.165, 1.54) is 6.20 Å². The molecule has 1 aromatic heterocycles. The number of esters is 1. The molecule has 0 amide bonds. The Labute approximate surface area is 129 Å². The monoisotopic (exact) mass is 305 g/mol. The standard InChI is InChI=1S/C17H20FNO3/c1-3-22-17(20)7-5-4-6-13-14-10-12(21-2)8-9-16(14)19-11-15(13)18/h8-11H,3-7H2,1-2H3. The van der Waals surface area contributed by atoms with Crippen LogP contribution in [0.1, 0.15) is 31.7 Å². The molecule has 2 rings (SSSR count). The Hall–Kier alpha value is -2.17. The number of halogens is 1. The van der Waals surface area contributed by atoms with Crippen molar-refractivity contribution in [2.75, 3.05) is 13.7 Å². The van der Waals surface area contributed by atoms with E-state index in [4.69, 9.17) is 9.47 Å². The van der Waals surface area contributed by atoms with E-state index in [0.29, 0.717) is 43.6 Å². The largest absolute Gasteiger partial charge is 0.497 e. The highest BCUT2D eigenvalue weighted by Crippen LogP contribution is 2.25. The summed E-state index contributed by atoms with van der Waals surface area (Å²) in [6, 6.07) is 5.42. The predicted octanol–water partition coefficient (Wildman–Crippen LogP) is 3.66. The van der Waals surface area contributed by atoms with Gasteiger partial charge in [0.25, 0.3) is 0 Å². The molecule has 0 bridgehead atoms. The molecule has 0 atom stereocenters. The minimum absolute atomic E-state index is 0.204. The number of fused-ring (bicyclic) bond motifs is 1. The fourth-order valence-electron chi connectivity index (χ4n) is 2.39. The first-order valence-corrected chi connectivity index (χ1v) is 7.42. The predicted molar refractivity (Wildman–Crippen MR) is 82.4 cm³/mol. The van der Waals surface area contributed by atoms with E-state index in [9.17, 15) is 9.18 Å². The minimum Gasteiger partial charge on any atom is -0.497 e. The zero-order valence-electron chi connectivity index (χ0n) is 12.9. The number of hydrogen-bond acceptors (Lipinski definition) is 4. The second-order valence-electron chi connectivity index (χ2n) is 4.98. The van der Waals surface area contributed by atoms with Crippen LogP contribution in [0.4, 0.5) is 4.39 Å². The molecule has 0 unspecified atom stereocenters. The second kappa shape index (κ2) is 7.73. The zero-order valence-corrected chi connectivity index (χ0v) is 12.9. The molecule has 0 aliphatic rings. The van der Waals surface area contributed by atoms with Crippen LogP contribution < -0.4 is 4.74 Å². The van der Waals surface area contributed by atoms with Crippen molar-refractivity contribution < 1.29 is 18.7 Å². The van der Waals surface area contributed by atoms with Crippen LogP contribution in [0.25, 0.3) is 10.9 Å². The summed E-state index contributed by atoms with van der Waals surface area (Å²) in [5.74, 6) is 0.147. The number of pyridine rings is 1. The Bertz CT molecular complexity index is 658. The Morgan fingerprint density at radius 3 is 2.86 bits per heavy atom. The number of ether oxygens (including phenoxy) is 2. The third kappa shape index (κ3) is 3.93. The normalized spacial score (nSPS) is 10.7. The molecule has 22 heavy (non-hydrogen) atoms. The molecule has 0 aliphatic carbocycles. The van der Waals surface area contributed by atoms with Crippen LogP contribution in [0.2, 0.25) is 0 Å². The lowest BCUT2D eigenvalue weighted by molar-refractivity contribution is -0.143. The van der Waals surface area contributed by atoms with Gasteiger partial charge in [-0.1, -0.05) is 0 Å². The van der Waals surface area contributed by atoms with Crippen molar-refractivity contribution in [1.29, 1.82) is 0 Å². The quantitative estimate of drug-likeness (QED) is 0.578.